The first-order valence-corrected chi connectivity index (χ1v) is 11.9. The van der Waals surface area contributed by atoms with Crippen molar-refractivity contribution in [3.05, 3.63) is 104 Å². The molecular formula is C28H23ClFNO4. The van der Waals surface area contributed by atoms with E-state index in [0.717, 1.165) is 24.5 Å². The number of nitrogens with zero attached hydrogens (tertiary/aromatic N) is 1. The molecule has 0 saturated carbocycles. The highest BCUT2D eigenvalue weighted by molar-refractivity contribution is 6.31. The second-order valence-electron chi connectivity index (χ2n) is 8.60. The van der Waals surface area contributed by atoms with Crippen LogP contribution in [0.3, 0.4) is 0 Å². The molecule has 35 heavy (non-hydrogen) atoms. The van der Waals surface area contributed by atoms with Gasteiger partial charge in [-0.2, -0.15) is 0 Å². The van der Waals surface area contributed by atoms with Gasteiger partial charge < -0.3 is 9.15 Å². The summed E-state index contributed by atoms with van der Waals surface area (Å²) in [6, 6.07) is 15.5. The summed E-state index contributed by atoms with van der Waals surface area (Å²) in [7, 11) is 0. The quantitative estimate of drug-likeness (QED) is 0.277. The average molecular weight is 492 g/mol. The average Bonchev–Trinajstić information content (AvgIpc) is 3.14. The van der Waals surface area contributed by atoms with Gasteiger partial charge in [0, 0.05) is 10.7 Å². The number of halogens is 2. The molecule has 0 saturated heterocycles. The van der Waals surface area contributed by atoms with Gasteiger partial charge in [-0.25, -0.2) is 4.39 Å². The summed E-state index contributed by atoms with van der Waals surface area (Å²) in [6.45, 7) is 4.51. The van der Waals surface area contributed by atoms with E-state index in [1.165, 1.54) is 17.0 Å². The van der Waals surface area contributed by atoms with Gasteiger partial charge in [-0.1, -0.05) is 43.1 Å². The van der Waals surface area contributed by atoms with Crippen LogP contribution in [-0.4, -0.2) is 12.5 Å². The molecular weight excluding hydrogens is 469 g/mol. The minimum Gasteiger partial charge on any atom is -0.494 e. The van der Waals surface area contributed by atoms with Crippen LogP contribution in [0.25, 0.3) is 11.0 Å². The maximum Gasteiger partial charge on any atom is 0.295 e. The highest BCUT2D eigenvalue weighted by Crippen LogP contribution is 2.42. The highest BCUT2D eigenvalue weighted by atomic mass is 35.5. The minimum atomic E-state index is -0.796. The Bertz CT molecular complexity index is 1510. The lowest BCUT2D eigenvalue weighted by molar-refractivity contribution is 0.0971. The predicted molar refractivity (Wildman–Crippen MR) is 134 cm³/mol. The summed E-state index contributed by atoms with van der Waals surface area (Å²) in [5.74, 6) is -0.451. The predicted octanol–water partition coefficient (Wildman–Crippen LogP) is 6.82. The number of unbranched alkanes of at least 4 members (excludes halogenated alkanes) is 1. The number of rotatable bonds is 6. The van der Waals surface area contributed by atoms with Crippen LogP contribution in [0.1, 0.15) is 53.1 Å². The molecule has 0 aliphatic carbocycles. The van der Waals surface area contributed by atoms with E-state index in [-0.39, 0.29) is 22.3 Å². The Hall–Kier alpha value is -3.64. The molecule has 178 valence electrons. The number of benzene rings is 3. The molecule has 1 unspecified atom stereocenters. The van der Waals surface area contributed by atoms with Gasteiger partial charge in [0.1, 0.15) is 17.1 Å². The van der Waals surface area contributed by atoms with Crippen molar-refractivity contribution >= 4 is 34.2 Å². The Kier molecular flexibility index (Phi) is 6.07. The van der Waals surface area contributed by atoms with Crippen LogP contribution in [0.5, 0.6) is 5.75 Å². The van der Waals surface area contributed by atoms with Crippen LogP contribution in [-0.2, 0) is 0 Å². The maximum absolute atomic E-state index is 14.0. The molecule has 2 heterocycles. The molecule has 0 radical (unpaired) electrons. The molecule has 7 heteroatoms. The summed E-state index contributed by atoms with van der Waals surface area (Å²) in [4.78, 5) is 28.8. The van der Waals surface area contributed by atoms with Crippen LogP contribution in [0.15, 0.2) is 69.9 Å². The zero-order valence-corrected chi connectivity index (χ0v) is 20.1. The van der Waals surface area contributed by atoms with Gasteiger partial charge in [-0.3, -0.25) is 14.5 Å². The van der Waals surface area contributed by atoms with Gasteiger partial charge in [-0.15, -0.1) is 0 Å². The zero-order chi connectivity index (χ0) is 24.7. The first-order valence-electron chi connectivity index (χ1n) is 11.5. The van der Waals surface area contributed by atoms with E-state index >= 15 is 0 Å². The first-order chi connectivity index (χ1) is 16.9. The number of amides is 1. The maximum atomic E-state index is 14.0. The Labute approximate surface area is 206 Å². The third-order valence-electron chi connectivity index (χ3n) is 6.21. The van der Waals surface area contributed by atoms with Crippen LogP contribution < -0.4 is 15.1 Å². The number of hydrogen-bond donors (Lipinski definition) is 0. The van der Waals surface area contributed by atoms with Crippen molar-refractivity contribution in [1.29, 1.82) is 0 Å². The van der Waals surface area contributed by atoms with Crippen molar-refractivity contribution in [2.75, 3.05) is 11.5 Å². The van der Waals surface area contributed by atoms with Crippen LogP contribution >= 0.6 is 11.6 Å². The summed E-state index contributed by atoms with van der Waals surface area (Å²) >= 11 is 6.39. The van der Waals surface area contributed by atoms with E-state index in [4.69, 9.17) is 20.8 Å². The van der Waals surface area contributed by atoms with Crippen molar-refractivity contribution < 1.29 is 18.3 Å². The Morgan fingerprint density at radius 2 is 1.91 bits per heavy atom. The van der Waals surface area contributed by atoms with Crippen molar-refractivity contribution in [2.45, 2.75) is 32.7 Å². The molecule has 0 fully saturated rings. The largest absolute Gasteiger partial charge is 0.494 e. The van der Waals surface area contributed by atoms with Crippen LogP contribution in [0, 0.1) is 12.7 Å². The Morgan fingerprint density at radius 1 is 1.09 bits per heavy atom. The number of carbonyl (C=O) groups is 1. The van der Waals surface area contributed by atoms with Crippen molar-refractivity contribution in [1.82, 2.24) is 0 Å². The lowest BCUT2D eigenvalue weighted by Crippen LogP contribution is -2.29. The molecule has 1 aromatic heterocycles. The molecule has 1 aliphatic rings. The van der Waals surface area contributed by atoms with Crippen LogP contribution in [0.4, 0.5) is 10.1 Å². The lowest BCUT2D eigenvalue weighted by Gasteiger charge is -2.26. The van der Waals surface area contributed by atoms with Crippen molar-refractivity contribution in [3.8, 4) is 5.75 Å². The molecule has 3 aromatic carbocycles. The molecule has 0 spiro atoms. The number of hydrogen-bond acceptors (Lipinski definition) is 4. The number of carbonyl (C=O) groups excluding carboxylic acids is 1. The van der Waals surface area contributed by atoms with E-state index in [2.05, 4.69) is 6.92 Å². The van der Waals surface area contributed by atoms with Gasteiger partial charge in [0.15, 0.2) is 5.43 Å². The number of anilines is 1. The molecule has 1 atom stereocenters. The summed E-state index contributed by atoms with van der Waals surface area (Å²) in [6.07, 6.45) is 1.90. The van der Waals surface area contributed by atoms with Crippen molar-refractivity contribution in [3.63, 3.8) is 0 Å². The fourth-order valence-corrected chi connectivity index (χ4v) is 4.54. The zero-order valence-electron chi connectivity index (χ0n) is 19.3. The second-order valence-corrected chi connectivity index (χ2v) is 9.01. The van der Waals surface area contributed by atoms with Gasteiger partial charge in [-0.05, 0) is 66.9 Å². The molecule has 0 bridgehead atoms. The lowest BCUT2D eigenvalue weighted by atomic mass is 9.98. The van der Waals surface area contributed by atoms with Gasteiger partial charge in [0.2, 0.25) is 5.76 Å². The Morgan fingerprint density at radius 3 is 2.69 bits per heavy atom. The van der Waals surface area contributed by atoms with E-state index in [1.807, 2.05) is 37.3 Å². The first kappa shape index (κ1) is 23.1. The molecule has 1 amide bonds. The summed E-state index contributed by atoms with van der Waals surface area (Å²) in [5, 5.41) is 0.578. The fourth-order valence-electron chi connectivity index (χ4n) is 4.37. The molecule has 4 aromatic rings. The molecule has 0 N–H and O–H groups in total. The smallest absolute Gasteiger partial charge is 0.295 e. The monoisotopic (exact) mass is 491 g/mol. The standard InChI is InChI=1S/C28H23ClFNO4/c1-3-4-12-34-20-7-5-6-17(13-20)25-24-26(32)21-14-18(30)9-11-23(21)35-27(24)28(33)31(25)19-10-8-16(2)22(29)15-19/h5-11,13-15,25H,3-4,12H2,1-2H3. The second kappa shape index (κ2) is 9.19. The summed E-state index contributed by atoms with van der Waals surface area (Å²) in [5.41, 5.74) is 1.92. The minimum absolute atomic E-state index is 0.0619. The van der Waals surface area contributed by atoms with Gasteiger partial charge >= 0.3 is 0 Å². The number of aryl methyl sites for hydroxylation is 1. The SMILES string of the molecule is CCCCOc1cccc(C2c3c(oc4ccc(F)cc4c3=O)C(=O)N2c2ccc(C)c(Cl)c2)c1. The normalized spacial score (nSPS) is 15.0. The van der Waals surface area contributed by atoms with Crippen LogP contribution in [0.2, 0.25) is 5.02 Å². The third-order valence-corrected chi connectivity index (χ3v) is 6.61. The number of fused-ring (bicyclic) bond motifs is 2. The molecule has 1 aliphatic heterocycles. The summed E-state index contributed by atoms with van der Waals surface area (Å²) < 4.78 is 25.8. The van der Waals surface area contributed by atoms with Crippen molar-refractivity contribution in [2.24, 2.45) is 0 Å². The van der Waals surface area contributed by atoms with Gasteiger partial charge in [0.25, 0.3) is 5.91 Å². The third kappa shape index (κ3) is 4.08. The Balaban J connectivity index is 1.73. The highest BCUT2D eigenvalue weighted by Gasteiger charge is 2.44. The van der Waals surface area contributed by atoms with E-state index in [0.29, 0.717) is 28.6 Å². The van der Waals surface area contributed by atoms with E-state index in [1.54, 1.807) is 12.1 Å². The fraction of sp³-hybridized carbons (Fsp3) is 0.214. The van der Waals surface area contributed by atoms with E-state index in [9.17, 15) is 14.0 Å². The van der Waals surface area contributed by atoms with E-state index < -0.39 is 23.2 Å². The topological polar surface area (TPSA) is 59.8 Å². The number of ether oxygens (including phenoxy) is 1. The molecule has 5 rings (SSSR count). The molecule has 5 nitrogen and oxygen atoms in total. The van der Waals surface area contributed by atoms with Gasteiger partial charge in [0.05, 0.1) is 23.6 Å².